The van der Waals surface area contributed by atoms with Crippen LogP contribution in [0.5, 0.6) is 0 Å². The van der Waals surface area contributed by atoms with Gasteiger partial charge in [-0.15, -0.1) is 0 Å². The Hall–Kier alpha value is -3.89. The van der Waals surface area contributed by atoms with Gasteiger partial charge in [0, 0.05) is 42.1 Å². The first-order valence-electron chi connectivity index (χ1n) is 13.0. The van der Waals surface area contributed by atoms with Crippen LogP contribution in [0.15, 0.2) is 125 Å². The molecule has 2 heterocycles. The third kappa shape index (κ3) is 4.84. The molecule has 1 aliphatic heterocycles. The first-order valence-corrected chi connectivity index (χ1v) is 13.3. The van der Waals surface area contributed by atoms with E-state index in [0.29, 0.717) is 5.02 Å². The zero-order valence-electron chi connectivity index (χ0n) is 22.1. The van der Waals surface area contributed by atoms with Gasteiger partial charge in [-0.1, -0.05) is 71.8 Å². The number of allylic oxidation sites excluding steroid dienone is 5. The number of halogens is 1. The number of amidine groups is 1. The average molecular weight is 521 g/mol. The Morgan fingerprint density at radius 2 is 1.95 bits per heavy atom. The molecule has 1 aromatic heterocycles. The molecule has 1 aliphatic carbocycles. The van der Waals surface area contributed by atoms with E-state index in [4.69, 9.17) is 22.3 Å². The van der Waals surface area contributed by atoms with Crippen LogP contribution in [0.4, 0.5) is 0 Å². The van der Waals surface area contributed by atoms with Crippen molar-refractivity contribution in [3.63, 3.8) is 0 Å². The molecule has 2 unspecified atom stereocenters. The Morgan fingerprint density at radius 1 is 1.13 bits per heavy atom. The van der Waals surface area contributed by atoms with E-state index in [9.17, 15) is 0 Å². The van der Waals surface area contributed by atoms with Crippen LogP contribution in [0.25, 0.3) is 0 Å². The van der Waals surface area contributed by atoms with Crippen LogP contribution in [0, 0.1) is 12.8 Å². The smallest absolute Gasteiger partial charge is 0.132 e. The van der Waals surface area contributed by atoms with Crippen molar-refractivity contribution in [3.8, 4) is 0 Å². The van der Waals surface area contributed by atoms with Gasteiger partial charge < -0.3 is 10.3 Å². The molecular formula is C33H33ClN4. The summed E-state index contributed by atoms with van der Waals surface area (Å²) in [6, 6.07) is 20.9. The third-order valence-electron chi connectivity index (χ3n) is 7.52. The Labute approximate surface area is 230 Å². The van der Waals surface area contributed by atoms with Crippen molar-refractivity contribution in [2.24, 2.45) is 28.7 Å². The first-order chi connectivity index (χ1) is 18.4. The Morgan fingerprint density at radius 3 is 2.61 bits per heavy atom. The van der Waals surface area contributed by atoms with E-state index in [1.54, 1.807) is 6.20 Å². The van der Waals surface area contributed by atoms with E-state index >= 15 is 0 Å². The number of nitrogens with two attached hydrogens (primary N) is 1. The number of hydrogen-bond donors (Lipinski definition) is 1. The zero-order chi connectivity index (χ0) is 26.7. The lowest BCUT2D eigenvalue weighted by Gasteiger charge is -2.40. The second-order valence-electron chi connectivity index (χ2n) is 10.0. The molecule has 4 nitrogen and oxygen atoms in total. The molecule has 5 rings (SSSR count). The highest BCUT2D eigenvalue weighted by atomic mass is 35.5. The number of aliphatic imine (C=N–C) groups is 2. The summed E-state index contributed by atoms with van der Waals surface area (Å²) in [5.41, 5.74) is 13.5. The number of aryl methyl sites for hydroxylation is 2. The van der Waals surface area contributed by atoms with Gasteiger partial charge >= 0.3 is 0 Å². The van der Waals surface area contributed by atoms with E-state index in [1.807, 2.05) is 24.4 Å². The second kappa shape index (κ2) is 10.8. The molecule has 38 heavy (non-hydrogen) atoms. The largest absolute Gasteiger partial charge is 0.405 e. The molecule has 0 saturated carbocycles. The first kappa shape index (κ1) is 25.7. The normalized spacial score (nSPS) is 19.3. The molecule has 2 aromatic carbocycles. The molecule has 2 atom stereocenters. The fourth-order valence-corrected chi connectivity index (χ4v) is 5.77. The van der Waals surface area contributed by atoms with E-state index in [1.165, 1.54) is 11.1 Å². The summed E-state index contributed by atoms with van der Waals surface area (Å²) in [6.07, 6.45) is 16.1. The van der Waals surface area contributed by atoms with Crippen LogP contribution in [0.2, 0.25) is 5.02 Å². The van der Waals surface area contributed by atoms with Crippen LogP contribution in [0.1, 0.15) is 42.1 Å². The highest BCUT2D eigenvalue weighted by molar-refractivity contribution is 6.30. The van der Waals surface area contributed by atoms with Gasteiger partial charge in [0.2, 0.25) is 0 Å². The summed E-state index contributed by atoms with van der Waals surface area (Å²) < 4.78 is 2.18. The molecule has 0 bridgehead atoms. The lowest BCUT2D eigenvalue weighted by molar-refractivity contribution is 0.437. The van der Waals surface area contributed by atoms with E-state index < -0.39 is 5.41 Å². The Kier molecular flexibility index (Phi) is 7.35. The van der Waals surface area contributed by atoms with Crippen molar-refractivity contribution < 1.29 is 0 Å². The van der Waals surface area contributed by atoms with Gasteiger partial charge in [-0.25, -0.2) is 9.98 Å². The van der Waals surface area contributed by atoms with Crippen LogP contribution in [-0.4, -0.2) is 16.1 Å². The van der Waals surface area contributed by atoms with Crippen molar-refractivity contribution >= 4 is 23.1 Å². The van der Waals surface area contributed by atoms with E-state index in [0.717, 1.165) is 46.8 Å². The molecule has 0 radical (unpaired) electrons. The molecule has 2 N–H and O–H groups in total. The maximum absolute atomic E-state index is 6.32. The number of aromatic nitrogens is 1. The van der Waals surface area contributed by atoms with Gasteiger partial charge in [-0.3, -0.25) is 0 Å². The quantitative estimate of drug-likeness (QED) is 0.337. The predicted molar refractivity (Wildman–Crippen MR) is 160 cm³/mol. The Bertz CT molecular complexity index is 1510. The Balaban J connectivity index is 1.73. The number of benzene rings is 2. The zero-order valence-corrected chi connectivity index (χ0v) is 22.9. The fraction of sp³-hybridized carbons (Fsp3) is 0.212. The maximum Gasteiger partial charge on any atom is 0.132 e. The van der Waals surface area contributed by atoms with Gasteiger partial charge in [-0.2, -0.15) is 0 Å². The highest BCUT2D eigenvalue weighted by Gasteiger charge is 2.41. The van der Waals surface area contributed by atoms with Crippen molar-refractivity contribution in [1.29, 1.82) is 0 Å². The molecule has 192 valence electrons. The third-order valence-corrected chi connectivity index (χ3v) is 7.77. The van der Waals surface area contributed by atoms with Crippen molar-refractivity contribution in [2.45, 2.75) is 32.1 Å². The second-order valence-corrected chi connectivity index (χ2v) is 10.4. The molecule has 5 heteroatoms. The molecule has 0 fully saturated rings. The highest BCUT2D eigenvalue weighted by Crippen LogP contribution is 2.46. The van der Waals surface area contributed by atoms with E-state index in [2.05, 4.69) is 103 Å². The van der Waals surface area contributed by atoms with Crippen LogP contribution < -0.4 is 5.73 Å². The summed E-state index contributed by atoms with van der Waals surface area (Å²) in [7, 11) is 2.09. The van der Waals surface area contributed by atoms with Crippen molar-refractivity contribution in [2.75, 3.05) is 0 Å². The van der Waals surface area contributed by atoms with Gasteiger partial charge in [-0.05, 0) is 79.4 Å². The maximum atomic E-state index is 6.32. The van der Waals surface area contributed by atoms with Gasteiger partial charge in [0.15, 0.2) is 0 Å². The predicted octanol–water partition coefficient (Wildman–Crippen LogP) is 7.44. The minimum atomic E-state index is -0.510. The van der Waals surface area contributed by atoms with Gasteiger partial charge in [0.1, 0.15) is 5.84 Å². The van der Waals surface area contributed by atoms with E-state index in [-0.39, 0.29) is 5.92 Å². The van der Waals surface area contributed by atoms with Crippen molar-refractivity contribution in [3.05, 3.63) is 142 Å². The molecular weight excluding hydrogens is 488 g/mol. The lowest BCUT2D eigenvalue weighted by Crippen LogP contribution is -2.37. The van der Waals surface area contributed by atoms with Crippen LogP contribution in [-0.2, 0) is 12.5 Å². The molecule has 0 amide bonds. The summed E-state index contributed by atoms with van der Waals surface area (Å²) in [6.45, 7) is 4.29. The molecule has 2 aliphatic rings. The average Bonchev–Trinajstić information content (AvgIpc) is 3.59. The molecule has 0 spiro atoms. The summed E-state index contributed by atoms with van der Waals surface area (Å²) in [5.74, 6) is 0.903. The van der Waals surface area contributed by atoms with Crippen LogP contribution in [0.3, 0.4) is 0 Å². The topological polar surface area (TPSA) is 55.7 Å². The minimum absolute atomic E-state index is 0.0782. The summed E-state index contributed by atoms with van der Waals surface area (Å²) >= 11 is 6.32. The van der Waals surface area contributed by atoms with Crippen molar-refractivity contribution in [1.82, 2.24) is 4.57 Å². The SMILES string of the molecule is CC1=CCC(C(C=CN)(c2ccc(Cl)cc2)c2cccn2C)C=C1C(=NC1=NC=CC1)c1cccc(C)c1. The van der Waals surface area contributed by atoms with Gasteiger partial charge in [0.25, 0.3) is 0 Å². The minimum Gasteiger partial charge on any atom is -0.405 e. The summed E-state index contributed by atoms with van der Waals surface area (Å²) in [5, 5.41) is 0.710. The fourth-order valence-electron chi connectivity index (χ4n) is 5.65. The summed E-state index contributed by atoms with van der Waals surface area (Å²) in [4.78, 5) is 9.62. The number of rotatable bonds is 6. The standard InChI is InChI=1S/C33H33ClN4/c1-23-7-4-8-25(21-23)32(37-31-10-5-19-36-31)29-22-27(12-11-24(29)2)33(17-18-35,30-9-6-20-38(30)3)26-13-15-28(34)16-14-26/h4-9,11,13-22,27H,10,12,35H2,1-3H3. The molecule has 3 aromatic rings. The lowest BCUT2D eigenvalue weighted by atomic mass is 9.64. The number of nitrogens with zero attached hydrogens (tertiary/aromatic N) is 3. The number of hydrogen-bond acceptors (Lipinski definition) is 3. The van der Waals surface area contributed by atoms with Gasteiger partial charge in [0.05, 0.1) is 11.1 Å². The monoisotopic (exact) mass is 520 g/mol. The van der Waals surface area contributed by atoms with Crippen LogP contribution >= 0.6 is 11.6 Å². The molecule has 0 saturated heterocycles.